The highest BCUT2D eigenvalue weighted by molar-refractivity contribution is 5.95. The van der Waals surface area contributed by atoms with Gasteiger partial charge in [-0.3, -0.25) is 9.59 Å². The molecule has 188 valence electrons. The third-order valence-corrected chi connectivity index (χ3v) is 6.53. The van der Waals surface area contributed by atoms with Gasteiger partial charge in [-0.25, -0.2) is 0 Å². The van der Waals surface area contributed by atoms with E-state index < -0.39 is 12.0 Å². The maximum Gasteiger partial charge on any atom is 0.303 e. The van der Waals surface area contributed by atoms with E-state index in [0.717, 1.165) is 29.5 Å². The zero-order chi connectivity index (χ0) is 26.4. The summed E-state index contributed by atoms with van der Waals surface area (Å²) < 4.78 is 14.8. The van der Waals surface area contributed by atoms with Crippen molar-refractivity contribution in [2.24, 2.45) is 0 Å². The fourth-order valence-electron chi connectivity index (χ4n) is 4.33. The number of benzene rings is 3. The van der Waals surface area contributed by atoms with Gasteiger partial charge >= 0.3 is 5.97 Å². The summed E-state index contributed by atoms with van der Waals surface area (Å²) in [6.45, 7) is 4.94. The molecular weight excluding hydrogens is 450 g/mol. The average molecular weight is 487 g/mol. The zero-order valence-electron chi connectivity index (χ0n) is 22.1. The predicted octanol–water partition coefficient (Wildman–Crippen LogP) is 6.80. The maximum atomic E-state index is 13.6. The second-order valence-electron chi connectivity index (χ2n) is 9.51. The molecule has 1 N–H and O–H groups in total. The Hall–Kier alpha value is -3.60. The molecule has 0 bridgehead atoms. The molecule has 1 amide bonds. The van der Waals surface area contributed by atoms with Gasteiger partial charge < -0.3 is 14.7 Å². The van der Waals surface area contributed by atoms with E-state index >= 15 is 0 Å². The zero-order valence-corrected chi connectivity index (χ0v) is 21.1. The molecule has 0 radical (unpaired) electrons. The number of hydrogen-bond donors (Lipinski definition) is 1. The number of hydrogen-bond acceptors (Lipinski definition) is 3. The molecule has 1 aliphatic rings. The molecule has 0 aromatic heterocycles. The number of amides is 1. The van der Waals surface area contributed by atoms with Crippen LogP contribution in [-0.2, 0) is 11.3 Å². The van der Waals surface area contributed by atoms with E-state index in [-0.39, 0.29) is 12.3 Å². The third-order valence-electron chi connectivity index (χ3n) is 6.53. The highest BCUT2D eigenvalue weighted by Crippen LogP contribution is 2.32. The summed E-state index contributed by atoms with van der Waals surface area (Å²) in [7, 11) is 0. The van der Waals surface area contributed by atoms with Gasteiger partial charge in [-0.05, 0) is 80.8 Å². The summed E-state index contributed by atoms with van der Waals surface area (Å²) in [4.78, 5) is 26.0. The Morgan fingerprint density at radius 2 is 1.75 bits per heavy atom. The fraction of sp³-hybridized carbons (Fsp3) is 0.355. The Labute approximate surface area is 215 Å². The summed E-state index contributed by atoms with van der Waals surface area (Å²) in [6.07, 6.45) is 3.67. The number of rotatable bonds is 12. The minimum atomic E-state index is -0.896. The Morgan fingerprint density at radius 1 is 1.00 bits per heavy atom. The molecule has 0 aliphatic heterocycles. The molecule has 0 spiro atoms. The molecule has 0 unspecified atom stereocenters. The van der Waals surface area contributed by atoms with Gasteiger partial charge in [-0.15, -0.1) is 0 Å². The minimum absolute atomic E-state index is 0.150. The van der Waals surface area contributed by atoms with Crippen molar-refractivity contribution in [2.75, 3.05) is 6.61 Å². The van der Waals surface area contributed by atoms with Crippen molar-refractivity contribution >= 4 is 11.9 Å². The average Bonchev–Trinajstić information content (AvgIpc) is 3.64. The van der Waals surface area contributed by atoms with Crippen LogP contribution < -0.4 is 4.74 Å². The first-order valence-electron chi connectivity index (χ1n) is 13.2. The number of unbranched alkanes of at least 4 members (excludes halogenated alkanes) is 2. The number of nitrogens with zero attached hydrogens (tertiary/aromatic N) is 1. The summed E-state index contributed by atoms with van der Waals surface area (Å²) in [5.74, 6) is -0.225. The van der Waals surface area contributed by atoms with Crippen molar-refractivity contribution in [3.05, 3.63) is 89.0 Å². The molecule has 3 aromatic carbocycles. The van der Waals surface area contributed by atoms with Crippen molar-refractivity contribution in [3.63, 3.8) is 0 Å². The van der Waals surface area contributed by atoms with Crippen molar-refractivity contribution in [1.29, 1.82) is 0 Å². The normalized spacial score (nSPS) is 14.1. The SMILES string of the molecule is [2H]C1(N(Cc2ccccc2OCCCCCC(=O)O)C(=O)c2ccc(-c3cc(C)ccc3C)cc2)CC1. The molecule has 1 fully saturated rings. The topological polar surface area (TPSA) is 66.8 Å². The second kappa shape index (κ2) is 11.9. The Morgan fingerprint density at radius 3 is 2.47 bits per heavy atom. The van der Waals surface area contributed by atoms with Crippen LogP contribution in [0.2, 0.25) is 0 Å². The maximum absolute atomic E-state index is 13.6. The van der Waals surface area contributed by atoms with Crippen LogP contribution in [0.5, 0.6) is 5.75 Å². The van der Waals surface area contributed by atoms with Gasteiger partial charge in [-0.2, -0.15) is 0 Å². The summed E-state index contributed by atoms with van der Waals surface area (Å²) in [5.41, 5.74) is 6.05. The van der Waals surface area contributed by atoms with E-state index in [1.165, 1.54) is 11.1 Å². The number of carboxylic acids is 1. The van der Waals surface area contributed by atoms with E-state index in [1.54, 1.807) is 4.90 Å². The molecule has 3 aromatic rings. The second-order valence-corrected chi connectivity index (χ2v) is 9.51. The van der Waals surface area contributed by atoms with Gasteiger partial charge in [-0.1, -0.05) is 54.1 Å². The first-order chi connectivity index (χ1) is 17.8. The van der Waals surface area contributed by atoms with Crippen LogP contribution >= 0.6 is 0 Å². The minimum Gasteiger partial charge on any atom is -0.493 e. The number of carbonyl (C=O) groups is 2. The molecule has 1 saturated carbocycles. The number of para-hydroxylation sites is 1. The van der Waals surface area contributed by atoms with E-state index in [1.807, 2.05) is 48.5 Å². The highest BCUT2D eigenvalue weighted by Gasteiger charge is 2.33. The summed E-state index contributed by atoms with van der Waals surface area (Å²) in [5, 5.41) is 8.77. The van der Waals surface area contributed by atoms with Crippen molar-refractivity contribution in [3.8, 4) is 16.9 Å². The number of aliphatic carboxylic acids is 1. The largest absolute Gasteiger partial charge is 0.493 e. The number of ether oxygens (including phenoxy) is 1. The van der Waals surface area contributed by atoms with Crippen LogP contribution in [0.15, 0.2) is 66.7 Å². The van der Waals surface area contributed by atoms with E-state index in [4.69, 9.17) is 11.2 Å². The van der Waals surface area contributed by atoms with Crippen molar-refractivity contribution in [2.45, 2.75) is 64.9 Å². The Balaban J connectivity index is 1.46. The van der Waals surface area contributed by atoms with Gasteiger partial charge in [0, 0.05) is 30.1 Å². The first-order valence-corrected chi connectivity index (χ1v) is 12.7. The third kappa shape index (κ3) is 6.75. The molecule has 5 nitrogen and oxygen atoms in total. The van der Waals surface area contributed by atoms with Gasteiger partial charge in [0.1, 0.15) is 5.75 Å². The lowest BCUT2D eigenvalue weighted by molar-refractivity contribution is -0.137. The number of carboxylic acid groups (broad SMARTS) is 1. The predicted molar refractivity (Wildman–Crippen MR) is 142 cm³/mol. The smallest absolute Gasteiger partial charge is 0.303 e. The lowest BCUT2D eigenvalue weighted by atomic mass is 9.97. The van der Waals surface area contributed by atoms with Crippen LogP contribution in [0.25, 0.3) is 11.1 Å². The lowest BCUT2D eigenvalue weighted by Gasteiger charge is -2.24. The van der Waals surface area contributed by atoms with Crippen LogP contribution in [0, 0.1) is 13.8 Å². The lowest BCUT2D eigenvalue weighted by Crippen LogP contribution is -2.32. The van der Waals surface area contributed by atoms with E-state index in [0.29, 0.717) is 43.7 Å². The molecule has 0 atom stereocenters. The molecule has 0 heterocycles. The van der Waals surface area contributed by atoms with E-state index in [9.17, 15) is 9.59 Å². The highest BCUT2D eigenvalue weighted by atomic mass is 16.5. The molecule has 4 rings (SSSR count). The molecule has 1 aliphatic carbocycles. The number of aryl methyl sites for hydroxylation is 2. The van der Waals surface area contributed by atoms with Crippen LogP contribution in [-0.4, -0.2) is 34.5 Å². The standard InChI is InChI=1S/C31H35NO4/c1-22-11-12-23(2)28(20-22)24-13-15-25(16-14-24)31(35)32(27-17-18-27)21-26-8-5-6-9-29(26)36-19-7-3-4-10-30(33)34/h5-6,8-9,11-16,20,27H,3-4,7,10,17-19,21H2,1-2H3,(H,33,34)/i27D. The molecule has 5 heteroatoms. The van der Waals surface area contributed by atoms with Crippen molar-refractivity contribution < 1.29 is 20.8 Å². The van der Waals surface area contributed by atoms with Crippen LogP contribution in [0.1, 0.15) is 66.9 Å². The summed E-state index contributed by atoms with van der Waals surface area (Å²) >= 11 is 0. The Kier molecular flexibility index (Phi) is 7.96. The monoisotopic (exact) mass is 486 g/mol. The van der Waals surface area contributed by atoms with E-state index in [2.05, 4.69) is 32.0 Å². The molecule has 36 heavy (non-hydrogen) atoms. The first kappa shape index (κ1) is 24.1. The van der Waals surface area contributed by atoms with Gasteiger partial charge in [0.05, 0.1) is 7.98 Å². The van der Waals surface area contributed by atoms with Gasteiger partial charge in [0.25, 0.3) is 5.91 Å². The Bertz CT molecular complexity index is 1250. The number of carbonyl (C=O) groups excluding carboxylic acids is 1. The summed E-state index contributed by atoms with van der Waals surface area (Å²) in [6, 6.07) is 20.8. The quantitative estimate of drug-likeness (QED) is 0.286. The van der Waals surface area contributed by atoms with Crippen LogP contribution in [0.3, 0.4) is 0 Å². The molecule has 0 saturated heterocycles. The van der Waals surface area contributed by atoms with Crippen LogP contribution in [0.4, 0.5) is 0 Å². The molecular formula is C31H35NO4. The fourth-order valence-corrected chi connectivity index (χ4v) is 4.33. The van der Waals surface area contributed by atoms with Crippen molar-refractivity contribution in [1.82, 2.24) is 4.90 Å². The van der Waals surface area contributed by atoms with Gasteiger partial charge in [0.15, 0.2) is 0 Å². The van der Waals surface area contributed by atoms with Gasteiger partial charge in [0.2, 0.25) is 0 Å².